The Labute approximate surface area is 119 Å². The van der Waals surface area contributed by atoms with E-state index in [1.54, 1.807) is 11.8 Å². The summed E-state index contributed by atoms with van der Waals surface area (Å²) in [6, 6.07) is 1.87. The van der Waals surface area contributed by atoms with Crippen molar-refractivity contribution < 1.29 is 14.3 Å². The molecule has 0 radical (unpaired) electrons. The molecule has 6 nitrogen and oxygen atoms in total. The molecule has 0 spiro atoms. The highest BCUT2D eigenvalue weighted by atomic mass is 16.5. The number of hydrogen-bond donors (Lipinski definition) is 1. The van der Waals surface area contributed by atoms with Gasteiger partial charge in [-0.3, -0.25) is 9.59 Å². The monoisotopic (exact) mass is 279 g/mol. The fourth-order valence-corrected chi connectivity index (χ4v) is 1.97. The van der Waals surface area contributed by atoms with Gasteiger partial charge < -0.3 is 15.0 Å². The van der Waals surface area contributed by atoms with Gasteiger partial charge in [-0.1, -0.05) is 6.92 Å². The summed E-state index contributed by atoms with van der Waals surface area (Å²) in [4.78, 5) is 24.9. The molecule has 0 aromatic heterocycles. The molecule has 1 aliphatic rings. The molecular weight excluding hydrogens is 258 g/mol. The highest BCUT2D eigenvalue weighted by Crippen LogP contribution is 2.17. The lowest BCUT2D eigenvalue weighted by atomic mass is 9.99. The van der Waals surface area contributed by atoms with Crippen molar-refractivity contribution in [2.75, 3.05) is 26.2 Å². The summed E-state index contributed by atoms with van der Waals surface area (Å²) in [5.41, 5.74) is 0.0175. The number of likely N-dealkylation sites (tertiary alicyclic amines) is 1. The van der Waals surface area contributed by atoms with E-state index < -0.39 is 5.97 Å². The molecule has 20 heavy (non-hydrogen) atoms. The normalized spacial score (nSPS) is 16.4. The summed E-state index contributed by atoms with van der Waals surface area (Å²) in [6.45, 7) is 5.48. The van der Waals surface area contributed by atoms with E-state index in [0.29, 0.717) is 25.6 Å². The van der Waals surface area contributed by atoms with E-state index in [9.17, 15) is 9.59 Å². The Bertz CT molecular complexity index is 418. The van der Waals surface area contributed by atoms with Crippen LogP contribution in [0.4, 0.5) is 0 Å². The quantitative estimate of drug-likeness (QED) is 0.457. The third-order valence-corrected chi connectivity index (χ3v) is 3.22. The van der Waals surface area contributed by atoms with Crippen LogP contribution in [0.2, 0.25) is 0 Å². The molecule has 1 amide bonds. The van der Waals surface area contributed by atoms with Gasteiger partial charge in [-0.15, -0.1) is 0 Å². The average molecular weight is 279 g/mol. The lowest BCUT2D eigenvalue weighted by molar-refractivity contribution is -0.141. The molecule has 0 atom stereocenters. The first-order chi connectivity index (χ1) is 9.58. The first-order valence-electron chi connectivity index (χ1n) is 6.87. The van der Waals surface area contributed by atoms with Crippen LogP contribution in [0.3, 0.4) is 0 Å². The van der Waals surface area contributed by atoms with E-state index in [2.05, 4.69) is 12.2 Å². The van der Waals surface area contributed by atoms with Crippen molar-refractivity contribution in [2.24, 2.45) is 5.92 Å². The predicted octanol–water partition coefficient (Wildman–Crippen LogP) is 0.805. The molecule has 110 valence electrons. The molecular formula is C14H21N3O3. The summed E-state index contributed by atoms with van der Waals surface area (Å²) < 4.78 is 4.74. The van der Waals surface area contributed by atoms with E-state index in [-0.39, 0.29) is 18.0 Å². The van der Waals surface area contributed by atoms with Crippen LogP contribution < -0.4 is 5.32 Å². The molecule has 1 aliphatic heterocycles. The van der Waals surface area contributed by atoms with Crippen LogP contribution in [0.25, 0.3) is 0 Å². The summed E-state index contributed by atoms with van der Waals surface area (Å²) in [6.07, 6.45) is 3.21. The smallest absolute Gasteiger partial charge is 0.325 e. The van der Waals surface area contributed by atoms with E-state index >= 15 is 0 Å². The molecule has 0 unspecified atom stereocenters. The molecule has 1 saturated heterocycles. The Balaban J connectivity index is 2.50. The lowest BCUT2D eigenvalue weighted by Crippen LogP contribution is -2.39. The fraction of sp³-hybridized carbons (Fsp3) is 0.643. The van der Waals surface area contributed by atoms with Crippen molar-refractivity contribution in [3.63, 3.8) is 0 Å². The number of nitrogens with zero attached hydrogens (tertiary/aromatic N) is 2. The molecule has 6 heteroatoms. The average Bonchev–Trinajstić information content (AvgIpc) is 2.44. The second-order valence-electron chi connectivity index (χ2n) is 4.83. The summed E-state index contributed by atoms with van der Waals surface area (Å²) in [5, 5.41) is 11.7. The minimum atomic E-state index is -0.416. The largest absolute Gasteiger partial charge is 0.465 e. The number of nitriles is 1. The Morgan fingerprint density at radius 1 is 1.45 bits per heavy atom. The van der Waals surface area contributed by atoms with Gasteiger partial charge in [0, 0.05) is 19.3 Å². The number of carbonyl (C=O) groups excluding carboxylic acids is 2. The molecule has 0 aromatic rings. The van der Waals surface area contributed by atoms with E-state index in [1.165, 1.54) is 6.20 Å². The first kappa shape index (κ1) is 16.0. The molecule has 1 fully saturated rings. The van der Waals surface area contributed by atoms with Crippen molar-refractivity contribution in [3.05, 3.63) is 11.8 Å². The van der Waals surface area contributed by atoms with Crippen molar-refractivity contribution in [1.29, 1.82) is 5.26 Å². The van der Waals surface area contributed by atoms with Gasteiger partial charge in [-0.05, 0) is 25.7 Å². The minimum absolute atomic E-state index is 0.0175. The van der Waals surface area contributed by atoms with Crippen molar-refractivity contribution in [3.8, 4) is 6.07 Å². The zero-order valence-corrected chi connectivity index (χ0v) is 12.0. The second-order valence-corrected chi connectivity index (χ2v) is 4.83. The van der Waals surface area contributed by atoms with E-state index in [4.69, 9.17) is 10.00 Å². The van der Waals surface area contributed by atoms with Crippen LogP contribution in [-0.4, -0.2) is 43.0 Å². The van der Waals surface area contributed by atoms with Crippen LogP contribution >= 0.6 is 0 Å². The van der Waals surface area contributed by atoms with Gasteiger partial charge in [0.15, 0.2) is 0 Å². The Kier molecular flexibility index (Phi) is 6.57. The van der Waals surface area contributed by atoms with Gasteiger partial charge >= 0.3 is 5.97 Å². The SMILES string of the molecule is CCOC(=O)CN/C=C(/C#N)C(=O)N1CCC(C)CC1. The highest BCUT2D eigenvalue weighted by molar-refractivity contribution is 5.97. The number of carbonyl (C=O) groups is 2. The summed E-state index contributed by atoms with van der Waals surface area (Å²) in [5.74, 6) is -0.0773. The predicted molar refractivity (Wildman–Crippen MR) is 73.3 cm³/mol. The lowest BCUT2D eigenvalue weighted by Gasteiger charge is -2.30. The Hall–Kier alpha value is -2.03. The first-order valence-corrected chi connectivity index (χ1v) is 6.87. The number of piperidine rings is 1. The van der Waals surface area contributed by atoms with Crippen LogP contribution in [0.5, 0.6) is 0 Å². The van der Waals surface area contributed by atoms with Crippen LogP contribution in [0.1, 0.15) is 26.7 Å². The standard InChI is InChI=1S/C14H21N3O3/c1-3-20-13(18)10-16-9-12(8-15)14(19)17-6-4-11(2)5-7-17/h9,11,16H,3-7,10H2,1-2H3/b12-9-. The van der Waals surface area contributed by atoms with Crippen molar-refractivity contribution in [2.45, 2.75) is 26.7 Å². The minimum Gasteiger partial charge on any atom is -0.465 e. The number of amides is 1. The molecule has 1 heterocycles. The zero-order valence-electron chi connectivity index (χ0n) is 12.0. The zero-order chi connectivity index (χ0) is 15.0. The summed E-state index contributed by atoms with van der Waals surface area (Å²) >= 11 is 0. The van der Waals surface area contributed by atoms with E-state index in [0.717, 1.165) is 12.8 Å². The Morgan fingerprint density at radius 2 is 2.10 bits per heavy atom. The van der Waals surface area contributed by atoms with Crippen molar-refractivity contribution >= 4 is 11.9 Å². The molecule has 1 rings (SSSR count). The van der Waals surface area contributed by atoms with E-state index in [1.807, 2.05) is 6.07 Å². The van der Waals surface area contributed by atoms with Gasteiger partial charge in [0.2, 0.25) is 0 Å². The Morgan fingerprint density at radius 3 is 2.65 bits per heavy atom. The third-order valence-electron chi connectivity index (χ3n) is 3.22. The maximum atomic E-state index is 12.1. The van der Waals surface area contributed by atoms with Gasteiger partial charge in [-0.2, -0.15) is 5.26 Å². The highest BCUT2D eigenvalue weighted by Gasteiger charge is 2.22. The molecule has 0 aromatic carbocycles. The number of rotatable bonds is 5. The number of ether oxygens (including phenoxy) is 1. The van der Waals surface area contributed by atoms with Crippen LogP contribution in [-0.2, 0) is 14.3 Å². The van der Waals surface area contributed by atoms with Crippen LogP contribution in [0, 0.1) is 17.2 Å². The van der Waals surface area contributed by atoms with Crippen molar-refractivity contribution in [1.82, 2.24) is 10.2 Å². The second kappa shape index (κ2) is 8.20. The number of nitrogens with one attached hydrogen (secondary N) is 1. The molecule has 0 aliphatic carbocycles. The molecule has 0 saturated carbocycles. The van der Waals surface area contributed by atoms with Gasteiger partial charge in [-0.25, -0.2) is 0 Å². The third kappa shape index (κ3) is 4.92. The van der Waals surface area contributed by atoms with Gasteiger partial charge in [0.25, 0.3) is 5.91 Å². The molecule has 1 N–H and O–H groups in total. The topological polar surface area (TPSA) is 82.4 Å². The number of esters is 1. The fourth-order valence-electron chi connectivity index (χ4n) is 1.97. The maximum Gasteiger partial charge on any atom is 0.325 e. The van der Waals surface area contributed by atoms with Crippen LogP contribution in [0.15, 0.2) is 11.8 Å². The molecule has 0 bridgehead atoms. The number of hydrogen-bond acceptors (Lipinski definition) is 5. The van der Waals surface area contributed by atoms with Gasteiger partial charge in [0.1, 0.15) is 18.2 Å². The van der Waals surface area contributed by atoms with Gasteiger partial charge in [0.05, 0.1) is 6.61 Å². The summed E-state index contributed by atoms with van der Waals surface area (Å²) in [7, 11) is 0. The maximum absolute atomic E-state index is 12.1.